The van der Waals surface area contributed by atoms with Crippen LogP contribution in [0.15, 0.2) is 48.5 Å². The number of hydrogen-bond donors (Lipinski definition) is 0. The molecule has 4 heteroatoms. The summed E-state index contributed by atoms with van der Waals surface area (Å²) < 4.78 is 11.0. The second-order valence-corrected chi connectivity index (χ2v) is 6.56. The van der Waals surface area contributed by atoms with Gasteiger partial charge >= 0.3 is 0 Å². The largest absolute Gasteiger partial charge is 0.497 e. The third-order valence-electron chi connectivity index (χ3n) is 4.93. The van der Waals surface area contributed by atoms with Gasteiger partial charge in [-0.2, -0.15) is 0 Å². The van der Waals surface area contributed by atoms with Crippen LogP contribution in [-0.4, -0.2) is 31.1 Å². The van der Waals surface area contributed by atoms with Crippen molar-refractivity contribution >= 4 is 5.91 Å². The highest BCUT2D eigenvalue weighted by molar-refractivity contribution is 5.77. The van der Waals surface area contributed by atoms with Crippen LogP contribution in [0.2, 0.25) is 0 Å². The van der Waals surface area contributed by atoms with E-state index in [2.05, 4.69) is 6.07 Å². The fourth-order valence-electron chi connectivity index (χ4n) is 3.65. The van der Waals surface area contributed by atoms with Crippen LogP contribution in [-0.2, 0) is 11.2 Å². The summed E-state index contributed by atoms with van der Waals surface area (Å²) in [7, 11) is 1.67. The molecule has 0 bridgehead atoms. The van der Waals surface area contributed by atoms with Gasteiger partial charge < -0.3 is 14.4 Å². The van der Waals surface area contributed by atoms with Gasteiger partial charge in [-0.05, 0) is 55.5 Å². The van der Waals surface area contributed by atoms with Crippen LogP contribution in [0.4, 0.5) is 0 Å². The molecular weight excluding hydrogens is 326 g/mol. The number of rotatable bonds is 7. The molecule has 0 saturated carbocycles. The topological polar surface area (TPSA) is 38.8 Å². The highest BCUT2D eigenvalue weighted by Crippen LogP contribution is 2.34. The average Bonchev–Trinajstić information content (AvgIpc) is 3.17. The number of carbonyl (C=O) groups excluding carboxylic acids is 1. The molecule has 4 nitrogen and oxygen atoms in total. The van der Waals surface area contributed by atoms with Crippen LogP contribution in [0.5, 0.6) is 11.5 Å². The Labute approximate surface area is 155 Å². The van der Waals surface area contributed by atoms with E-state index < -0.39 is 0 Å². The number of nitrogens with zero attached hydrogens (tertiary/aromatic N) is 1. The van der Waals surface area contributed by atoms with Gasteiger partial charge in [0.1, 0.15) is 11.5 Å². The van der Waals surface area contributed by atoms with Crippen LogP contribution >= 0.6 is 0 Å². The first-order valence-corrected chi connectivity index (χ1v) is 9.37. The van der Waals surface area contributed by atoms with Gasteiger partial charge in [-0.3, -0.25) is 4.79 Å². The zero-order valence-electron chi connectivity index (χ0n) is 15.6. The van der Waals surface area contributed by atoms with Crippen molar-refractivity contribution in [2.45, 2.75) is 38.6 Å². The lowest BCUT2D eigenvalue weighted by Crippen LogP contribution is -2.30. The number of aryl methyl sites for hydroxylation is 1. The molecule has 2 aromatic carbocycles. The number of methoxy groups -OCH3 is 1. The van der Waals surface area contributed by atoms with Gasteiger partial charge in [-0.1, -0.05) is 30.3 Å². The summed E-state index contributed by atoms with van der Waals surface area (Å²) in [6.07, 6.45) is 3.26. The molecule has 1 atom stereocenters. The number of carbonyl (C=O) groups is 1. The number of benzene rings is 2. The van der Waals surface area contributed by atoms with Crippen molar-refractivity contribution in [3.63, 3.8) is 0 Å². The molecule has 1 aliphatic rings. The molecule has 3 rings (SSSR count). The van der Waals surface area contributed by atoms with E-state index in [1.165, 1.54) is 0 Å². The molecule has 0 aliphatic carbocycles. The molecule has 1 aliphatic heterocycles. The minimum atomic E-state index is 0.153. The first-order valence-electron chi connectivity index (χ1n) is 9.37. The molecule has 1 amide bonds. The first-order chi connectivity index (χ1) is 12.7. The van der Waals surface area contributed by atoms with E-state index in [-0.39, 0.29) is 11.9 Å². The van der Waals surface area contributed by atoms with Crippen LogP contribution in [0, 0.1) is 0 Å². The highest BCUT2D eigenvalue weighted by Gasteiger charge is 2.29. The summed E-state index contributed by atoms with van der Waals surface area (Å²) in [6, 6.07) is 16.2. The lowest BCUT2D eigenvalue weighted by molar-refractivity contribution is -0.132. The van der Waals surface area contributed by atoms with Crippen LogP contribution in [0.3, 0.4) is 0 Å². The Morgan fingerprint density at radius 3 is 2.85 bits per heavy atom. The summed E-state index contributed by atoms with van der Waals surface area (Å²) >= 11 is 0. The third kappa shape index (κ3) is 4.18. The van der Waals surface area contributed by atoms with Crippen molar-refractivity contribution in [1.29, 1.82) is 0 Å². The molecular formula is C22H27NO3. The monoisotopic (exact) mass is 353 g/mol. The second-order valence-electron chi connectivity index (χ2n) is 6.56. The minimum absolute atomic E-state index is 0.153. The summed E-state index contributed by atoms with van der Waals surface area (Å²) in [5.74, 6) is 1.93. The number of para-hydroxylation sites is 1. The van der Waals surface area contributed by atoms with Crippen molar-refractivity contribution in [2.24, 2.45) is 0 Å². The molecule has 138 valence electrons. The third-order valence-corrected chi connectivity index (χ3v) is 4.93. The van der Waals surface area contributed by atoms with Gasteiger partial charge in [0.25, 0.3) is 0 Å². The Hall–Kier alpha value is -2.49. The summed E-state index contributed by atoms with van der Waals surface area (Å²) in [5, 5.41) is 0. The molecule has 26 heavy (non-hydrogen) atoms. The fraction of sp³-hybridized carbons (Fsp3) is 0.409. The maximum Gasteiger partial charge on any atom is 0.223 e. The quantitative estimate of drug-likeness (QED) is 0.741. The SMILES string of the molecule is CCOc1ccccc1CCC(=O)N1CCCC1c1cccc(OC)c1. The lowest BCUT2D eigenvalue weighted by atomic mass is 10.0. The Morgan fingerprint density at radius 1 is 1.19 bits per heavy atom. The molecule has 2 aromatic rings. The Morgan fingerprint density at radius 2 is 2.04 bits per heavy atom. The zero-order chi connectivity index (χ0) is 18.4. The molecule has 0 radical (unpaired) electrons. The Bertz CT molecular complexity index is 744. The molecule has 1 unspecified atom stereocenters. The number of amides is 1. The smallest absolute Gasteiger partial charge is 0.223 e. The highest BCUT2D eigenvalue weighted by atomic mass is 16.5. The van der Waals surface area contributed by atoms with Crippen LogP contribution in [0.25, 0.3) is 0 Å². The molecule has 1 heterocycles. The van der Waals surface area contributed by atoms with Crippen molar-refractivity contribution in [3.05, 3.63) is 59.7 Å². The number of ether oxygens (including phenoxy) is 2. The van der Waals surface area contributed by atoms with Gasteiger partial charge in [0, 0.05) is 13.0 Å². The van der Waals surface area contributed by atoms with Gasteiger partial charge in [0.05, 0.1) is 19.8 Å². The second kappa shape index (κ2) is 8.75. The number of likely N-dealkylation sites (tertiary alicyclic amines) is 1. The number of hydrogen-bond acceptors (Lipinski definition) is 3. The van der Waals surface area contributed by atoms with E-state index in [0.717, 1.165) is 42.0 Å². The normalized spacial score (nSPS) is 16.5. The molecule has 0 aromatic heterocycles. The molecule has 0 spiro atoms. The van der Waals surface area contributed by atoms with Gasteiger partial charge in [0.2, 0.25) is 5.91 Å². The van der Waals surface area contributed by atoms with Crippen molar-refractivity contribution in [2.75, 3.05) is 20.3 Å². The molecule has 0 N–H and O–H groups in total. The predicted molar refractivity (Wildman–Crippen MR) is 103 cm³/mol. The van der Waals surface area contributed by atoms with E-state index in [1.54, 1.807) is 7.11 Å². The zero-order valence-corrected chi connectivity index (χ0v) is 15.6. The standard InChI is InChI=1S/C22H27NO3/c1-3-26-21-12-5-4-8-17(21)13-14-22(24)23-15-7-11-20(23)18-9-6-10-19(16-18)25-2/h4-6,8-10,12,16,20H,3,7,11,13-15H2,1-2H3. The van der Waals surface area contributed by atoms with Crippen molar-refractivity contribution in [1.82, 2.24) is 4.90 Å². The fourth-order valence-corrected chi connectivity index (χ4v) is 3.65. The van der Waals surface area contributed by atoms with Crippen molar-refractivity contribution in [3.8, 4) is 11.5 Å². The van der Waals surface area contributed by atoms with E-state index in [4.69, 9.17) is 9.47 Å². The summed E-state index contributed by atoms with van der Waals surface area (Å²) in [5.41, 5.74) is 2.25. The summed E-state index contributed by atoms with van der Waals surface area (Å²) in [6.45, 7) is 3.44. The van der Waals surface area contributed by atoms with Crippen molar-refractivity contribution < 1.29 is 14.3 Å². The van der Waals surface area contributed by atoms with Crippen LogP contribution < -0.4 is 9.47 Å². The molecule has 1 fully saturated rings. The van der Waals surface area contributed by atoms with E-state index in [1.807, 2.05) is 54.3 Å². The maximum absolute atomic E-state index is 12.9. The lowest BCUT2D eigenvalue weighted by Gasteiger charge is -2.25. The van der Waals surface area contributed by atoms with E-state index in [9.17, 15) is 4.79 Å². The summed E-state index contributed by atoms with van der Waals surface area (Å²) in [4.78, 5) is 14.9. The Kier molecular flexibility index (Phi) is 6.16. The average molecular weight is 353 g/mol. The van der Waals surface area contributed by atoms with Gasteiger partial charge in [0.15, 0.2) is 0 Å². The maximum atomic E-state index is 12.9. The van der Waals surface area contributed by atoms with Crippen LogP contribution in [0.1, 0.15) is 43.4 Å². The minimum Gasteiger partial charge on any atom is -0.497 e. The van der Waals surface area contributed by atoms with E-state index >= 15 is 0 Å². The molecule has 1 saturated heterocycles. The van der Waals surface area contributed by atoms with Gasteiger partial charge in [-0.15, -0.1) is 0 Å². The van der Waals surface area contributed by atoms with E-state index in [0.29, 0.717) is 19.4 Å². The first kappa shape index (κ1) is 18.3. The van der Waals surface area contributed by atoms with Gasteiger partial charge in [-0.25, -0.2) is 0 Å². The Balaban J connectivity index is 1.67. The predicted octanol–water partition coefficient (Wildman–Crippen LogP) is 4.39.